The van der Waals surface area contributed by atoms with Gasteiger partial charge in [0.05, 0.1) is 0 Å². The van der Waals surface area contributed by atoms with Crippen LogP contribution in [0, 0.1) is 11.6 Å². The van der Waals surface area contributed by atoms with Crippen LogP contribution in [0.2, 0.25) is 0 Å². The molecule has 0 radical (unpaired) electrons. The zero-order chi connectivity index (χ0) is 14.8. The Morgan fingerprint density at radius 3 is 2.70 bits per heavy atom. The molecule has 0 spiro atoms. The lowest BCUT2D eigenvalue weighted by Gasteiger charge is -2.34. The van der Waals surface area contributed by atoms with Crippen LogP contribution in [0.25, 0.3) is 0 Å². The summed E-state index contributed by atoms with van der Waals surface area (Å²) in [4.78, 5) is -0.472. The highest BCUT2D eigenvalue weighted by atomic mass is 35.5. The van der Waals surface area contributed by atoms with E-state index in [0.29, 0.717) is 24.9 Å². The Hall–Kier alpha value is -0.720. The van der Waals surface area contributed by atoms with Crippen LogP contribution < -0.4 is 0 Å². The van der Waals surface area contributed by atoms with Gasteiger partial charge in [-0.3, -0.25) is 0 Å². The molecule has 1 heterocycles. The first kappa shape index (κ1) is 15.7. The topological polar surface area (TPSA) is 37.4 Å². The maximum atomic E-state index is 13.7. The smallest absolute Gasteiger partial charge is 0.207 e. The van der Waals surface area contributed by atoms with Crippen molar-refractivity contribution in [2.24, 2.45) is 0 Å². The Morgan fingerprint density at radius 1 is 1.30 bits per heavy atom. The van der Waals surface area contributed by atoms with Gasteiger partial charge in [-0.25, -0.2) is 17.2 Å². The summed E-state index contributed by atoms with van der Waals surface area (Å²) in [6.07, 6.45) is 2.92. The molecule has 2 rings (SSSR count). The molecule has 0 saturated carbocycles. The normalized spacial score (nSPS) is 21.1. The molecule has 1 aliphatic heterocycles. The van der Waals surface area contributed by atoms with Gasteiger partial charge in [0.25, 0.3) is 0 Å². The molecule has 1 saturated heterocycles. The highest BCUT2D eigenvalue weighted by Gasteiger charge is 2.34. The van der Waals surface area contributed by atoms with E-state index in [1.807, 2.05) is 0 Å². The minimum atomic E-state index is -3.95. The highest BCUT2D eigenvalue weighted by Crippen LogP contribution is 2.28. The van der Waals surface area contributed by atoms with Gasteiger partial charge in [0.15, 0.2) is 0 Å². The quantitative estimate of drug-likeness (QED) is 0.798. The summed E-state index contributed by atoms with van der Waals surface area (Å²) in [5.74, 6) is -1.50. The number of piperidine rings is 1. The van der Waals surface area contributed by atoms with Crippen molar-refractivity contribution in [2.75, 3.05) is 12.4 Å². The van der Waals surface area contributed by atoms with Gasteiger partial charge in [-0.2, -0.15) is 4.31 Å². The standard InChI is InChI=1S/C13H16ClF2NO2S/c14-7-6-11-3-1-2-8-17(11)20(18,19)13-5-4-10(15)9-12(13)16/h4-5,9,11H,1-3,6-8H2. The molecule has 7 heteroatoms. The number of hydrogen-bond donors (Lipinski definition) is 0. The second-order valence-electron chi connectivity index (χ2n) is 4.82. The molecule has 0 aliphatic carbocycles. The third-order valence-corrected chi connectivity index (χ3v) is 5.70. The van der Waals surface area contributed by atoms with E-state index in [2.05, 4.69) is 0 Å². The molecule has 1 fully saturated rings. The highest BCUT2D eigenvalue weighted by molar-refractivity contribution is 7.89. The van der Waals surface area contributed by atoms with Crippen LogP contribution in [0.3, 0.4) is 0 Å². The third-order valence-electron chi connectivity index (χ3n) is 3.50. The predicted molar refractivity (Wildman–Crippen MR) is 73.2 cm³/mol. The third kappa shape index (κ3) is 3.13. The van der Waals surface area contributed by atoms with Gasteiger partial charge in [0.1, 0.15) is 16.5 Å². The molecular weight excluding hydrogens is 308 g/mol. The molecule has 1 unspecified atom stereocenters. The Labute approximate surface area is 122 Å². The van der Waals surface area contributed by atoms with E-state index >= 15 is 0 Å². The van der Waals surface area contributed by atoms with E-state index in [-0.39, 0.29) is 6.04 Å². The summed E-state index contributed by atoms with van der Waals surface area (Å²) >= 11 is 5.70. The summed E-state index contributed by atoms with van der Waals surface area (Å²) in [5.41, 5.74) is 0. The van der Waals surface area contributed by atoms with Gasteiger partial charge in [-0.1, -0.05) is 6.42 Å². The van der Waals surface area contributed by atoms with E-state index in [1.165, 1.54) is 4.31 Å². The average Bonchev–Trinajstić information content (AvgIpc) is 2.39. The minimum absolute atomic E-state index is 0.212. The van der Waals surface area contributed by atoms with Crippen LogP contribution in [-0.2, 0) is 10.0 Å². The number of hydrogen-bond acceptors (Lipinski definition) is 2. The number of rotatable bonds is 4. The van der Waals surface area contributed by atoms with Gasteiger partial charge in [0.2, 0.25) is 10.0 Å². The maximum absolute atomic E-state index is 13.7. The van der Waals surface area contributed by atoms with E-state index in [0.717, 1.165) is 31.4 Å². The van der Waals surface area contributed by atoms with Crippen LogP contribution in [0.5, 0.6) is 0 Å². The predicted octanol–water partition coefficient (Wildman–Crippen LogP) is 3.14. The summed E-state index contributed by atoms with van der Waals surface area (Å²) in [6.45, 7) is 0.348. The second kappa shape index (κ2) is 6.37. The molecule has 0 bridgehead atoms. The van der Waals surface area contributed by atoms with Crippen molar-refractivity contribution in [3.05, 3.63) is 29.8 Å². The lowest BCUT2D eigenvalue weighted by Crippen LogP contribution is -2.44. The first-order valence-corrected chi connectivity index (χ1v) is 8.47. The second-order valence-corrected chi connectivity index (χ2v) is 7.05. The molecule has 0 N–H and O–H groups in total. The molecule has 1 atom stereocenters. The largest absolute Gasteiger partial charge is 0.246 e. The number of nitrogens with zero attached hydrogens (tertiary/aromatic N) is 1. The maximum Gasteiger partial charge on any atom is 0.246 e. The van der Waals surface area contributed by atoms with Crippen molar-refractivity contribution in [3.8, 4) is 0 Å². The monoisotopic (exact) mass is 323 g/mol. The number of sulfonamides is 1. The van der Waals surface area contributed by atoms with E-state index in [1.54, 1.807) is 0 Å². The van der Waals surface area contributed by atoms with E-state index in [9.17, 15) is 17.2 Å². The van der Waals surface area contributed by atoms with Crippen molar-refractivity contribution in [1.29, 1.82) is 0 Å². The number of halogens is 3. The van der Waals surface area contributed by atoms with Gasteiger partial charge >= 0.3 is 0 Å². The molecule has 1 aromatic carbocycles. The Bertz CT molecular complexity index is 578. The van der Waals surface area contributed by atoms with Crippen molar-refractivity contribution < 1.29 is 17.2 Å². The lowest BCUT2D eigenvalue weighted by atomic mass is 10.0. The minimum Gasteiger partial charge on any atom is -0.207 e. The average molecular weight is 324 g/mol. The Kier molecular flexibility index (Phi) is 4.99. The molecule has 0 amide bonds. The number of benzene rings is 1. The fraction of sp³-hybridized carbons (Fsp3) is 0.538. The first-order chi connectivity index (χ1) is 9.46. The van der Waals surface area contributed by atoms with Crippen LogP contribution in [-0.4, -0.2) is 31.2 Å². The Balaban J connectivity index is 2.37. The zero-order valence-electron chi connectivity index (χ0n) is 10.9. The molecule has 3 nitrogen and oxygen atoms in total. The van der Waals surface area contributed by atoms with Gasteiger partial charge in [-0.15, -0.1) is 11.6 Å². The summed E-state index contributed by atoms with van der Waals surface area (Å²) in [7, 11) is -3.95. The molecule has 1 aliphatic rings. The zero-order valence-corrected chi connectivity index (χ0v) is 12.4. The van der Waals surface area contributed by atoms with Crippen molar-refractivity contribution in [3.63, 3.8) is 0 Å². The van der Waals surface area contributed by atoms with E-state index in [4.69, 9.17) is 11.6 Å². The van der Waals surface area contributed by atoms with Crippen LogP contribution in [0.1, 0.15) is 25.7 Å². The molecule has 0 aromatic heterocycles. The van der Waals surface area contributed by atoms with Crippen LogP contribution in [0.15, 0.2) is 23.1 Å². The molecule has 1 aromatic rings. The fourth-order valence-electron chi connectivity index (χ4n) is 2.52. The van der Waals surface area contributed by atoms with Crippen LogP contribution in [0.4, 0.5) is 8.78 Å². The van der Waals surface area contributed by atoms with E-state index < -0.39 is 26.6 Å². The van der Waals surface area contributed by atoms with Crippen molar-refractivity contribution >= 4 is 21.6 Å². The van der Waals surface area contributed by atoms with Gasteiger partial charge in [-0.05, 0) is 31.4 Å². The molecule has 20 heavy (non-hydrogen) atoms. The SMILES string of the molecule is O=S(=O)(c1ccc(F)cc1F)N1CCCCC1CCCl. The van der Waals surface area contributed by atoms with Gasteiger partial charge in [0, 0.05) is 24.5 Å². The fourth-order valence-corrected chi connectivity index (χ4v) is 4.54. The number of alkyl halides is 1. The molecule has 112 valence electrons. The molecular formula is C13H16ClF2NO2S. The first-order valence-electron chi connectivity index (χ1n) is 6.49. The van der Waals surface area contributed by atoms with Crippen molar-refractivity contribution in [2.45, 2.75) is 36.6 Å². The summed E-state index contributed by atoms with van der Waals surface area (Å²) in [6, 6.07) is 2.31. The van der Waals surface area contributed by atoms with Crippen LogP contribution >= 0.6 is 11.6 Å². The Morgan fingerprint density at radius 2 is 2.05 bits per heavy atom. The lowest BCUT2D eigenvalue weighted by molar-refractivity contribution is 0.247. The van der Waals surface area contributed by atoms with Crippen molar-refractivity contribution in [1.82, 2.24) is 4.31 Å². The summed E-state index contributed by atoms with van der Waals surface area (Å²) in [5, 5.41) is 0. The summed E-state index contributed by atoms with van der Waals surface area (Å²) < 4.78 is 53.0. The van der Waals surface area contributed by atoms with Gasteiger partial charge < -0.3 is 0 Å².